The minimum absolute atomic E-state index is 0.561. The van der Waals surface area contributed by atoms with Crippen molar-refractivity contribution in [1.82, 2.24) is 9.78 Å². The quantitative estimate of drug-likeness (QED) is 0.630. The molecule has 1 fully saturated rings. The van der Waals surface area contributed by atoms with E-state index < -0.39 is 0 Å². The van der Waals surface area contributed by atoms with Crippen LogP contribution in [0.5, 0.6) is 0 Å². The highest BCUT2D eigenvalue weighted by Crippen LogP contribution is 2.31. The van der Waals surface area contributed by atoms with Crippen molar-refractivity contribution in [3.63, 3.8) is 0 Å². The average molecular weight is 161 g/mol. The van der Waals surface area contributed by atoms with E-state index in [1.165, 1.54) is 19.3 Å². The monoisotopic (exact) mass is 161 g/mol. The summed E-state index contributed by atoms with van der Waals surface area (Å²) < 4.78 is 1.94. The van der Waals surface area contributed by atoms with Gasteiger partial charge in [-0.05, 0) is 26.2 Å². The summed E-state index contributed by atoms with van der Waals surface area (Å²) in [6.45, 7) is 1.88. The molecular weight excluding hydrogens is 150 g/mol. The van der Waals surface area contributed by atoms with Gasteiger partial charge < -0.3 is 0 Å². The fourth-order valence-corrected chi connectivity index (χ4v) is 1.43. The summed E-state index contributed by atoms with van der Waals surface area (Å²) in [7, 11) is 0. The third-order valence-corrected chi connectivity index (χ3v) is 2.49. The standard InChI is InChI=1S/C9H11N3/c1-7-8(5-10)6-12(11-7)9-3-2-4-9/h6,9H,2-4H2,1H3. The first-order valence-corrected chi connectivity index (χ1v) is 4.27. The molecular formula is C9H11N3. The summed E-state index contributed by atoms with van der Waals surface area (Å²) in [5, 5.41) is 13.0. The van der Waals surface area contributed by atoms with Crippen molar-refractivity contribution in [3.05, 3.63) is 17.5 Å². The molecule has 0 saturated heterocycles. The van der Waals surface area contributed by atoms with Crippen molar-refractivity contribution >= 4 is 0 Å². The topological polar surface area (TPSA) is 41.6 Å². The molecule has 1 aliphatic rings. The Hall–Kier alpha value is -1.30. The fourth-order valence-electron chi connectivity index (χ4n) is 1.43. The number of nitrogens with zero attached hydrogens (tertiary/aromatic N) is 3. The van der Waals surface area contributed by atoms with Crippen LogP contribution in [0.15, 0.2) is 6.20 Å². The van der Waals surface area contributed by atoms with E-state index in [1.807, 2.05) is 17.8 Å². The summed E-state index contributed by atoms with van der Waals surface area (Å²) in [5.41, 5.74) is 1.56. The largest absolute Gasteiger partial charge is 0.268 e. The first-order chi connectivity index (χ1) is 5.81. The lowest BCUT2D eigenvalue weighted by molar-refractivity contribution is 0.288. The SMILES string of the molecule is Cc1nn(C2CCC2)cc1C#N. The molecule has 62 valence electrons. The van der Waals surface area contributed by atoms with Crippen LogP contribution in [0, 0.1) is 18.3 Å². The Balaban J connectivity index is 2.28. The van der Waals surface area contributed by atoms with Crippen molar-refractivity contribution in [3.8, 4) is 6.07 Å². The maximum absolute atomic E-state index is 8.70. The Labute approximate surface area is 71.6 Å². The third kappa shape index (κ3) is 1.00. The van der Waals surface area contributed by atoms with E-state index >= 15 is 0 Å². The van der Waals surface area contributed by atoms with Crippen molar-refractivity contribution in [2.45, 2.75) is 32.2 Å². The van der Waals surface area contributed by atoms with Crippen LogP contribution in [-0.2, 0) is 0 Å². The fraction of sp³-hybridized carbons (Fsp3) is 0.556. The van der Waals surface area contributed by atoms with Gasteiger partial charge in [0.25, 0.3) is 0 Å². The smallest absolute Gasteiger partial charge is 0.103 e. The van der Waals surface area contributed by atoms with E-state index in [1.54, 1.807) is 0 Å². The van der Waals surface area contributed by atoms with Gasteiger partial charge in [-0.1, -0.05) is 0 Å². The predicted molar refractivity (Wildman–Crippen MR) is 44.6 cm³/mol. The molecule has 1 aromatic rings. The van der Waals surface area contributed by atoms with Crippen LogP contribution >= 0.6 is 0 Å². The first kappa shape index (κ1) is 7.35. The second kappa shape index (κ2) is 2.63. The Kier molecular flexibility index (Phi) is 1.61. The van der Waals surface area contributed by atoms with E-state index in [9.17, 15) is 0 Å². The molecule has 0 radical (unpaired) electrons. The summed E-state index contributed by atoms with van der Waals surface area (Å²) in [6, 6.07) is 2.70. The number of rotatable bonds is 1. The lowest BCUT2D eigenvalue weighted by Crippen LogP contribution is -2.17. The van der Waals surface area contributed by atoms with E-state index in [0.29, 0.717) is 11.6 Å². The van der Waals surface area contributed by atoms with Gasteiger partial charge in [0.1, 0.15) is 6.07 Å². The summed E-state index contributed by atoms with van der Waals surface area (Å²) in [4.78, 5) is 0. The van der Waals surface area contributed by atoms with Gasteiger partial charge in [0.05, 0.1) is 17.3 Å². The van der Waals surface area contributed by atoms with E-state index in [-0.39, 0.29) is 0 Å². The Morgan fingerprint density at radius 3 is 2.83 bits per heavy atom. The van der Waals surface area contributed by atoms with Crippen molar-refractivity contribution in [1.29, 1.82) is 5.26 Å². The van der Waals surface area contributed by atoms with Crippen LogP contribution in [0.3, 0.4) is 0 Å². The molecule has 0 aromatic carbocycles. The molecule has 0 bridgehead atoms. The molecule has 0 unspecified atom stereocenters. The van der Waals surface area contributed by atoms with Gasteiger partial charge >= 0.3 is 0 Å². The van der Waals surface area contributed by atoms with Gasteiger partial charge in [0.2, 0.25) is 0 Å². The molecule has 0 aliphatic heterocycles. The van der Waals surface area contributed by atoms with Crippen LogP contribution in [0.4, 0.5) is 0 Å². The normalized spacial score (nSPS) is 17.0. The van der Waals surface area contributed by atoms with Crippen LogP contribution in [-0.4, -0.2) is 9.78 Å². The number of hydrogen-bond acceptors (Lipinski definition) is 2. The Morgan fingerprint density at radius 2 is 2.42 bits per heavy atom. The van der Waals surface area contributed by atoms with Crippen molar-refractivity contribution < 1.29 is 0 Å². The third-order valence-electron chi connectivity index (χ3n) is 2.49. The second-order valence-electron chi connectivity index (χ2n) is 3.30. The summed E-state index contributed by atoms with van der Waals surface area (Å²) in [5.74, 6) is 0. The lowest BCUT2D eigenvalue weighted by atomic mass is 9.93. The number of hydrogen-bond donors (Lipinski definition) is 0. The number of aromatic nitrogens is 2. The molecule has 3 heteroatoms. The summed E-state index contributed by atoms with van der Waals surface area (Å²) in [6.07, 6.45) is 5.59. The maximum atomic E-state index is 8.70. The highest BCUT2D eigenvalue weighted by molar-refractivity contribution is 5.29. The molecule has 2 rings (SSSR count). The lowest BCUT2D eigenvalue weighted by Gasteiger charge is -2.25. The highest BCUT2D eigenvalue weighted by Gasteiger charge is 2.20. The zero-order valence-corrected chi connectivity index (χ0v) is 7.12. The molecule has 3 nitrogen and oxygen atoms in total. The average Bonchev–Trinajstić information content (AvgIpc) is 2.27. The van der Waals surface area contributed by atoms with Gasteiger partial charge in [-0.15, -0.1) is 0 Å². The molecule has 0 atom stereocenters. The molecule has 1 saturated carbocycles. The van der Waals surface area contributed by atoms with Gasteiger partial charge in [0, 0.05) is 6.20 Å². The first-order valence-electron chi connectivity index (χ1n) is 4.27. The molecule has 1 heterocycles. The number of nitriles is 1. The van der Waals surface area contributed by atoms with Crippen LogP contribution in [0.1, 0.15) is 36.6 Å². The van der Waals surface area contributed by atoms with Crippen LogP contribution < -0.4 is 0 Å². The van der Waals surface area contributed by atoms with E-state index in [0.717, 1.165) is 5.69 Å². The zero-order chi connectivity index (χ0) is 8.55. The maximum Gasteiger partial charge on any atom is 0.103 e. The molecule has 0 spiro atoms. The molecule has 1 aliphatic carbocycles. The van der Waals surface area contributed by atoms with Crippen LogP contribution in [0.2, 0.25) is 0 Å². The van der Waals surface area contributed by atoms with Gasteiger partial charge in [0.15, 0.2) is 0 Å². The second-order valence-corrected chi connectivity index (χ2v) is 3.30. The van der Waals surface area contributed by atoms with Gasteiger partial charge in [-0.3, -0.25) is 4.68 Å². The molecule has 1 aromatic heterocycles. The Morgan fingerprint density at radius 1 is 1.67 bits per heavy atom. The minimum Gasteiger partial charge on any atom is -0.268 e. The number of aryl methyl sites for hydroxylation is 1. The van der Waals surface area contributed by atoms with Crippen LogP contribution in [0.25, 0.3) is 0 Å². The van der Waals surface area contributed by atoms with Gasteiger partial charge in [-0.25, -0.2) is 0 Å². The molecule has 0 N–H and O–H groups in total. The Bertz CT molecular complexity index is 328. The van der Waals surface area contributed by atoms with E-state index in [2.05, 4.69) is 11.2 Å². The zero-order valence-electron chi connectivity index (χ0n) is 7.12. The summed E-state index contributed by atoms with van der Waals surface area (Å²) >= 11 is 0. The van der Waals surface area contributed by atoms with E-state index in [4.69, 9.17) is 5.26 Å². The predicted octanol–water partition coefficient (Wildman–Crippen LogP) is 1.79. The van der Waals surface area contributed by atoms with Crippen molar-refractivity contribution in [2.75, 3.05) is 0 Å². The highest BCUT2D eigenvalue weighted by atomic mass is 15.3. The minimum atomic E-state index is 0.561. The molecule has 12 heavy (non-hydrogen) atoms. The van der Waals surface area contributed by atoms with Crippen molar-refractivity contribution in [2.24, 2.45) is 0 Å². The van der Waals surface area contributed by atoms with Gasteiger partial charge in [-0.2, -0.15) is 10.4 Å². The molecule has 0 amide bonds.